The number of alkyl halides is 2. The molecule has 6 rings (SSSR count). The second-order valence-corrected chi connectivity index (χ2v) is 12.0. The Balaban J connectivity index is 1.58. The van der Waals surface area contributed by atoms with E-state index in [9.17, 15) is 51.0 Å². The maximum absolute atomic E-state index is 15.0. The van der Waals surface area contributed by atoms with Gasteiger partial charge in [0.25, 0.3) is 11.8 Å². The van der Waals surface area contributed by atoms with Crippen LogP contribution in [0.2, 0.25) is 0 Å². The Kier molecular flexibility index (Phi) is 6.64. The summed E-state index contributed by atoms with van der Waals surface area (Å²) in [5, 5.41) is 9.88. The lowest BCUT2D eigenvalue weighted by molar-refractivity contribution is -0.138. The summed E-state index contributed by atoms with van der Waals surface area (Å²) in [6, 6.07) is 4.96. The van der Waals surface area contributed by atoms with Gasteiger partial charge in [0.05, 0.1) is 18.9 Å². The second kappa shape index (κ2) is 9.73. The predicted octanol–water partition coefficient (Wildman–Crippen LogP) is 4.42. The van der Waals surface area contributed by atoms with E-state index in [4.69, 9.17) is 23.2 Å². The second-order valence-electron chi connectivity index (χ2n) is 10.8. The van der Waals surface area contributed by atoms with Crippen molar-refractivity contribution >= 4 is 58.6 Å². The zero-order valence-corrected chi connectivity index (χ0v) is 23.6. The number of imide groups is 4. The number of aromatic hydroxyl groups is 1. The molecule has 2 aromatic rings. The van der Waals surface area contributed by atoms with Crippen molar-refractivity contribution in [3.63, 3.8) is 0 Å². The van der Waals surface area contributed by atoms with Crippen LogP contribution in [-0.4, -0.2) is 56.6 Å². The van der Waals surface area contributed by atoms with Crippen molar-refractivity contribution in [1.82, 2.24) is 4.90 Å². The number of hydrogen-bond donors (Lipinski definition) is 1. The molecule has 9 nitrogen and oxygen atoms in total. The van der Waals surface area contributed by atoms with Crippen LogP contribution in [0.5, 0.6) is 5.75 Å². The third-order valence-electron chi connectivity index (χ3n) is 8.81. The number of fused-ring (bicyclic) bond motifs is 4. The molecule has 6 unspecified atom stereocenters. The molecule has 3 fully saturated rings. The Bertz CT molecular complexity index is 1730. The number of likely N-dealkylation sites (tertiary alicyclic amines) is 1. The summed E-state index contributed by atoms with van der Waals surface area (Å²) in [5.74, 6) is -22.9. The fourth-order valence-corrected chi connectivity index (χ4v) is 7.81. The molecule has 1 saturated carbocycles. The van der Waals surface area contributed by atoms with Gasteiger partial charge in [0.1, 0.15) is 11.4 Å². The van der Waals surface area contributed by atoms with E-state index in [1.807, 2.05) is 0 Å². The van der Waals surface area contributed by atoms with Crippen molar-refractivity contribution in [3.8, 4) is 5.75 Å². The number of hydrogen-bond acceptors (Lipinski definition) is 7. The van der Waals surface area contributed by atoms with Gasteiger partial charge in [0.15, 0.2) is 33.0 Å². The highest BCUT2D eigenvalue weighted by Crippen LogP contribution is 2.66. The summed E-state index contributed by atoms with van der Waals surface area (Å²) >= 11 is 13.9. The van der Waals surface area contributed by atoms with Crippen LogP contribution < -0.4 is 4.90 Å². The number of allylic oxidation sites excluding steroid dienone is 2. The van der Waals surface area contributed by atoms with E-state index in [1.54, 1.807) is 0 Å². The highest BCUT2D eigenvalue weighted by Gasteiger charge is 2.77. The smallest absolute Gasteiger partial charge is 0.423 e. The molecule has 2 heterocycles. The molecule has 2 saturated heterocycles. The number of benzene rings is 2. The van der Waals surface area contributed by atoms with Gasteiger partial charge in [-0.15, -0.1) is 23.2 Å². The van der Waals surface area contributed by atoms with Gasteiger partial charge in [-0.3, -0.25) is 19.2 Å². The van der Waals surface area contributed by atoms with Gasteiger partial charge in [-0.05, 0) is 36.5 Å². The number of methoxy groups -OCH3 is 1. The summed E-state index contributed by atoms with van der Waals surface area (Å²) < 4.78 is 76.9. The van der Waals surface area contributed by atoms with E-state index in [0.29, 0.717) is 4.90 Å². The third-order valence-corrected chi connectivity index (χ3v) is 10.2. The summed E-state index contributed by atoms with van der Waals surface area (Å²) in [7, 11) is 0.947. The monoisotopic (exact) mass is 658 g/mol. The SMILES string of the molecule is COC(=O)N1C(=O)C2CC=C3C(CC4(Cl)C(=O)N(c5c(F)c(F)c(F)c(F)c5F)C(=O)C4(Cl)C3c3ccc(O)cc3)C2C1=O. The molecular formula is C28H17Cl2F5N2O7. The molecule has 0 aromatic heterocycles. The molecule has 44 heavy (non-hydrogen) atoms. The fraction of sp³-hybridized carbons (Fsp3) is 0.321. The largest absolute Gasteiger partial charge is 0.508 e. The molecule has 4 aliphatic rings. The topological polar surface area (TPSA) is 121 Å². The number of rotatable bonds is 2. The van der Waals surface area contributed by atoms with E-state index in [0.717, 1.165) is 7.11 Å². The van der Waals surface area contributed by atoms with E-state index >= 15 is 0 Å². The maximum atomic E-state index is 15.0. The summed E-state index contributed by atoms with van der Waals surface area (Å²) in [5.41, 5.74) is -1.59. The molecule has 230 valence electrons. The minimum absolute atomic E-state index is 0.110. The number of phenolic OH excluding ortho intramolecular Hbond substituents is 1. The van der Waals surface area contributed by atoms with E-state index in [1.165, 1.54) is 30.3 Å². The van der Waals surface area contributed by atoms with Gasteiger partial charge in [-0.1, -0.05) is 23.8 Å². The maximum Gasteiger partial charge on any atom is 0.423 e. The molecule has 6 atom stereocenters. The summed E-state index contributed by atoms with van der Waals surface area (Å²) in [6.07, 6.45) is -0.660. The number of carbonyl (C=O) groups is 5. The molecule has 1 N–H and O–H groups in total. The number of amides is 5. The number of carbonyl (C=O) groups excluding carboxylic acids is 5. The third kappa shape index (κ3) is 3.54. The molecule has 0 spiro atoms. The van der Waals surface area contributed by atoms with Crippen LogP contribution in [-0.2, 0) is 23.9 Å². The van der Waals surface area contributed by atoms with E-state index < -0.39 is 104 Å². The van der Waals surface area contributed by atoms with Crippen molar-refractivity contribution in [2.45, 2.75) is 28.5 Å². The van der Waals surface area contributed by atoms with Crippen LogP contribution in [0.4, 0.5) is 32.4 Å². The number of halogens is 7. The number of ether oxygens (including phenoxy) is 1. The lowest BCUT2D eigenvalue weighted by atomic mass is 9.56. The Labute approximate surface area is 253 Å². The Morgan fingerprint density at radius 1 is 0.886 bits per heavy atom. The zero-order chi connectivity index (χ0) is 32.2. The quantitative estimate of drug-likeness (QED) is 0.127. The molecule has 2 aliphatic carbocycles. The molecule has 0 radical (unpaired) electrons. The number of anilines is 1. The first-order valence-electron chi connectivity index (χ1n) is 12.9. The number of nitrogens with zero attached hydrogens (tertiary/aromatic N) is 2. The minimum atomic E-state index is -2.69. The standard InChI is InChI=1S/C28H17Cl2F5N2O7/c1-44-26(43)37-22(39)12-7-6-11-13(14(12)23(37)40)8-27(29)24(41)36(21-19(34)17(32)16(31)18(33)20(21)35)25(42)28(27,30)15(11)9-2-4-10(38)5-3-9/h2-6,12-15,38H,7-8H2,1H3. The highest BCUT2D eigenvalue weighted by atomic mass is 35.5. The molecule has 2 aliphatic heterocycles. The first-order valence-corrected chi connectivity index (χ1v) is 13.6. The van der Waals surface area contributed by atoms with Crippen LogP contribution in [0.25, 0.3) is 0 Å². The average molecular weight is 659 g/mol. The lowest BCUT2D eigenvalue weighted by Gasteiger charge is -2.50. The van der Waals surface area contributed by atoms with Crippen molar-refractivity contribution in [3.05, 3.63) is 70.6 Å². The molecule has 16 heteroatoms. The van der Waals surface area contributed by atoms with Crippen LogP contribution in [0, 0.1) is 46.8 Å². The van der Waals surface area contributed by atoms with Crippen molar-refractivity contribution in [2.24, 2.45) is 17.8 Å². The van der Waals surface area contributed by atoms with Gasteiger partial charge >= 0.3 is 6.09 Å². The predicted molar refractivity (Wildman–Crippen MR) is 139 cm³/mol. The molecule has 2 aromatic carbocycles. The van der Waals surface area contributed by atoms with Gasteiger partial charge < -0.3 is 9.84 Å². The van der Waals surface area contributed by atoms with Crippen molar-refractivity contribution in [2.75, 3.05) is 12.0 Å². The molecule has 0 bridgehead atoms. The van der Waals surface area contributed by atoms with E-state index in [-0.39, 0.29) is 28.2 Å². The van der Waals surface area contributed by atoms with Gasteiger partial charge in [-0.25, -0.2) is 31.6 Å². The van der Waals surface area contributed by atoms with Gasteiger partial charge in [-0.2, -0.15) is 4.90 Å². The summed E-state index contributed by atoms with van der Waals surface area (Å²) in [4.78, 5) is 61.6. The fourth-order valence-electron chi connectivity index (χ4n) is 6.88. The van der Waals surface area contributed by atoms with Crippen LogP contribution >= 0.6 is 23.2 Å². The van der Waals surface area contributed by atoms with Crippen LogP contribution in [0.15, 0.2) is 35.9 Å². The zero-order valence-electron chi connectivity index (χ0n) is 22.0. The first kappa shape index (κ1) is 30.0. The average Bonchev–Trinajstić information content (AvgIpc) is 3.34. The Morgan fingerprint density at radius 2 is 1.45 bits per heavy atom. The van der Waals surface area contributed by atoms with Crippen molar-refractivity contribution < 1.29 is 55.8 Å². The normalized spacial score (nSPS) is 31.1. The number of phenols is 1. The minimum Gasteiger partial charge on any atom is -0.508 e. The molecule has 5 amide bonds. The van der Waals surface area contributed by atoms with Crippen molar-refractivity contribution in [1.29, 1.82) is 0 Å². The Hall–Kier alpha value is -4.04. The summed E-state index contributed by atoms with van der Waals surface area (Å²) in [6.45, 7) is 0. The lowest BCUT2D eigenvalue weighted by Crippen LogP contribution is -2.60. The van der Waals surface area contributed by atoms with Crippen LogP contribution in [0.1, 0.15) is 24.3 Å². The van der Waals surface area contributed by atoms with Gasteiger partial charge in [0.2, 0.25) is 17.6 Å². The molecular weight excluding hydrogens is 642 g/mol. The first-order chi connectivity index (χ1) is 20.6. The van der Waals surface area contributed by atoms with E-state index in [2.05, 4.69) is 4.74 Å². The van der Waals surface area contributed by atoms with Crippen LogP contribution in [0.3, 0.4) is 0 Å². The van der Waals surface area contributed by atoms with Gasteiger partial charge in [0, 0.05) is 5.92 Å². The highest BCUT2D eigenvalue weighted by molar-refractivity contribution is 6.58. The Morgan fingerprint density at radius 3 is 2.02 bits per heavy atom.